The van der Waals surface area contributed by atoms with Gasteiger partial charge in [-0.1, -0.05) is 36.1 Å². The molecule has 0 aromatic carbocycles. The van der Waals surface area contributed by atoms with E-state index in [2.05, 4.69) is 40.0 Å². The number of carbonyl (C=O) groups is 1. The van der Waals surface area contributed by atoms with Gasteiger partial charge in [-0.2, -0.15) is 0 Å². The Balaban J connectivity index is 1.44. The van der Waals surface area contributed by atoms with Gasteiger partial charge in [-0.15, -0.1) is 21.5 Å². The van der Waals surface area contributed by atoms with E-state index in [9.17, 15) is 4.79 Å². The fraction of sp³-hybridized carbons (Fsp3) is 0.588. The first-order valence-corrected chi connectivity index (χ1v) is 11.2. The van der Waals surface area contributed by atoms with Crippen molar-refractivity contribution < 1.29 is 4.79 Å². The third kappa shape index (κ3) is 5.43. The highest BCUT2D eigenvalue weighted by Gasteiger charge is 2.25. The van der Waals surface area contributed by atoms with Crippen LogP contribution >= 0.6 is 34.4 Å². The maximum atomic E-state index is 12.6. The molecule has 1 atom stereocenters. The number of likely N-dealkylation sites (tertiary alicyclic amines) is 1. The maximum Gasteiger partial charge on any atom is 0.235 e. The second kappa shape index (κ2) is 9.00. The monoisotopic (exact) mass is 396 g/mol. The summed E-state index contributed by atoms with van der Waals surface area (Å²) in [6, 6.07) is 4.21. The summed E-state index contributed by atoms with van der Waals surface area (Å²) in [5.74, 6) is 0.956. The first kappa shape index (κ1) is 18.7. The van der Waals surface area contributed by atoms with Crippen LogP contribution in [0.1, 0.15) is 31.6 Å². The van der Waals surface area contributed by atoms with Crippen LogP contribution in [0.3, 0.4) is 0 Å². The Labute approximate surface area is 161 Å². The number of nitrogens with one attached hydrogen (secondary N) is 1. The smallest absolute Gasteiger partial charge is 0.235 e. The van der Waals surface area contributed by atoms with Gasteiger partial charge in [-0.3, -0.25) is 4.79 Å². The summed E-state index contributed by atoms with van der Waals surface area (Å²) in [5.41, 5.74) is 0. The summed E-state index contributed by atoms with van der Waals surface area (Å²) < 4.78 is 0.852. The first-order valence-electron chi connectivity index (χ1n) is 8.67. The van der Waals surface area contributed by atoms with E-state index in [4.69, 9.17) is 0 Å². The molecule has 5 nitrogen and oxygen atoms in total. The molecule has 0 bridgehead atoms. The molecule has 2 aromatic heterocycles. The van der Waals surface area contributed by atoms with Crippen LogP contribution in [0.25, 0.3) is 0 Å². The molecule has 0 aliphatic carbocycles. The second-order valence-corrected chi connectivity index (χ2v) is 9.99. The molecule has 1 aliphatic rings. The largest absolute Gasteiger partial charge is 0.360 e. The van der Waals surface area contributed by atoms with E-state index in [-0.39, 0.29) is 11.2 Å². The van der Waals surface area contributed by atoms with Crippen LogP contribution in [0.4, 0.5) is 5.13 Å². The van der Waals surface area contributed by atoms with Crippen molar-refractivity contribution in [3.8, 4) is 0 Å². The van der Waals surface area contributed by atoms with E-state index in [1.54, 1.807) is 11.3 Å². The van der Waals surface area contributed by atoms with E-state index in [0.29, 0.717) is 0 Å². The van der Waals surface area contributed by atoms with Crippen molar-refractivity contribution >= 4 is 45.5 Å². The lowest BCUT2D eigenvalue weighted by molar-refractivity contribution is -0.131. The number of thioether (sulfide) groups is 1. The SMILES string of the molecule is CC1CCN(C(=O)C(C)Sc2nnc(NCCc3cccs3)s2)CC1. The van der Waals surface area contributed by atoms with Gasteiger partial charge in [0.2, 0.25) is 11.0 Å². The Morgan fingerprint density at radius 2 is 2.24 bits per heavy atom. The van der Waals surface area contributed by atoms with Gasteiger partial charge in [0.1, 0.15) is 0 Å². The van der Waals surface area contributed by atoms with Gasteiger partial charge in [-0.05, 0) is 43.6 Å². The molecule has 8 heteroatoms. The first-order chi connectivity index (χ1) is 12.1. The van der Waals surface area contributed by atoms with Crippen molar-refractivity contribution in [2.24, 2.45) is 5.92 Å². The number of nitrogens with zero attached hydrogens (tertiary/aromatic N) is 3. The zero-order valence-corrected chi connectivity index (χ0v) is 17.1. The Bertz CT molecular complexity index is 665. The predicted octanol–water partition coefficient (Wildman–Crippen LogP) is 3.99. The normalized spacial score (nSPS) is 16.8. The molecule has 0 spiro atoms. The molecule has 1 fully saturated rings. The Morgan fingerprint density at radius 1 is 1.44 bits per heavy atom. The number of anilines is 1. The van der Waals surface area contributed by atoms with Crippen LogP contribution in [0.5, 0.6) is 0 Å². The average molecular weight is 397 g/mol. The third-order valence-electron chi connectivity index (χ3n) is 4.35. The van der Waals surface area contributed by atoms with Crippen molar-refractivity contribution in [3.63, 3.8) is 0 Å². The molecule has 1 N–H and O–H groups in total. The number of hydrogen-bond acceptors (Lipinski definition) is 7. The molecule has 3 heterocycles. The molecule has 136 valence electrons. The minimum atomic E-state index is -0.111. The van der Waals surface area contributed by atoms with Gasteiger partial charge in [0, 0.05) is 24.5 Å². The molecule has 1 amide bonds. The highest BCUT2D eigenvalue weighted by atomic mass is 32.2. The van der Waals surface area contributed by atoms with Crippen LogP contribution in [-0.2, 0) is 11.2 Å². The van der Waals surface area contributed by atoms with E-state index >= 15 is 0 Å². The summed E-state index contributed by atoms with van der Waals surface area (Å²) in [6.45, 7) is 6.85. The van der Waals surface area contributed by atoms with Gasteiger partial charge in [0.05, 0.1) is 5.25 Å². The summed E-state index contributed by atoms with van der Waals surface area (Å²) in [7, 11) is 0. The van der Waals surface area contributed by atoms with E-state index in [1.165, 1.54) is 28.0 Å². The quantitative estimate of drug-likeness (QED) is 0.717. The Morgan fingerprint density at radius 3 is 2.96 bits per heavy atom. The molecule has 0 radical (unpaired) electrons. The zero-order valence-electron chi connectivity index (χ0n) is 14.6. The van der Waals surface area contributed by atoms with Crippen LogP contribution in [0, 0.1) is 5.92 Å². The third-order valence-corrected chi connectivity index (χ3v) is 7.34. The van der Waals surface area contributed by atoms with Crippen LogP contribution in [-0.4, -0.2) is 45.9 Å². The predicted molar refractivity (Wildman–Crippen MR) is 107 cm³/mol. The molecule has 0 saturated carbocycles. The number of amides is 1. The van der Waals surface area contributed by atoms with Gasteiger partial charge >= 0.3 is 0 Å². The van der Waals surface area contributed by atoms with Gasteiger partial charge in [0.15, 0.2) is 4.34 Å². The van der Waals surface area contributed by atoms with Crippen LogP contribution in [0.2, 0.25) is 0 Å². The van der Waals surface area contributed by atoms with E-state index in [1.807, 2.05) is 11.8 Å². The summed E-state index contributed by atoms with van der Waals surface area (Å²) >= 11 is 4.81. The lowest BCUT2D eigenvalue weighted by atomic mass is 9.99. The molecular formula is C17H24N4OS3. The zero-order chi connectivity index (χ0) is 17.6. The lowest BCUT2D eigenvalue weighted by Gasteiger charge is -2.31. The fourth-order valence-electron chi connectivity index (χ4n) is 2.76. The highest BCUT2D eigenvalue weighted by molar-refractivity contribution is 8.02. The molecular weight excluding hydrogens is 372 g/mol. The standard InChI is InChI=1S/C17H24N4OS3/c1-12-6-9-21(10-7-12)15(22)13(2)24-17-20-19-16(25-17)18-8-5-14-4-3-11-23-14/h3-4,11-13H,5-10H2,1-2H3,(H,18,19). The summed E-state index contributed by atoms with van der Waals surface area (Å²) in [5, 5.41) is 14.5. The molecule has 1 aliphatic heterocycles. The van der Waals surface area contributed by atoms with E-state index in [0.717, 1.165) is 54.3 Å². The number of piperidine rings is 1. The van der Waals surface area contributed by atoms with Crippen molar-refractivity contribution in [3.05, 3.63) is 22.4 Å². The Kier molecular flexibility index (Phi) is 6.72. The van der Waals surface area contributed by atoms with Crippen LogP contribution in [0.15, 0.2) is 21.9 Å². The fourth-order valence-corrected chi connectivity index (χ4v) is 5.48. The Hall–Kier alpha value is -1.12. The van der Waals surface area contributed by atoms with Gasteiger partial charge in [0.25, 0.3) is 0 Å². The van der Waals surface area contributed by atoms with Gasteiger partial charge in [-0.25, -0.2) is 0 Å². The molecule has 1 unspecified atom stereocenters. The van der Waals surface area contributed by atoms with Crippen molar-refractivity contribution in [1.82, 2.24) is 15.1 Å². The molecule has 3 rings (SSSR count). The molecule has 25 heavy (non-hydrogen) atoms. The lowest BCUT2D eigenvalue weighted by Crippen LogP contribution is -2.41. The molecule has 1 saturated heterocycles. The number of aromatic nitrogens is 2. The second-order valence-electron chi connectivity index (χ2n) is 6.40. The van der Waals surface area contributed by atoms with Crippen LogP contribution < -0.4 is 5.32 Å². The van der Waals surface area contributed by atoms with Gasteiger partial charge < -0.3 is 10.2 Å². The number of hydrogen-bond donors (Lipinski definition) is 1. The number of carbonyl (C=O) groups excluding carboxylic acids is 1. The van der Waals surface area contributed by atoms with E-state index < -0.39 is 0 Å². The van der Waals surface area contributed by atoms with Crippen molar-refractivity contribution in [2.45, 2.75) is 42.7 Å². The highest BCUT2D eigenvalue weighted by Crippen LogP contribution is 2.30. The average Bonchev–Trinajstić information content (AvgIpc) is 3.27. The summed E-state index contributed by atoms with van der Waals surface area (Å²) in [4.78, 5) is 15.9. The molecule has 2 aromatic rings. The minimum Gasteiger partial charge on any atom is -0.360 e. The maximum absolute atomic E-state index is 12.6. The minimum absolute atomic E-state index is 0.111. The summed E-state index contributed by atoms with van der Waals surface area (Å²) in [6.07, 6.45) is 3.21. The number of thiophene rings is 1. The topological polar surface area (TPSA) is 58.1 Å². The van der Waals surface area contributed by atoms with Crippen molar-refractivity contribution in [1.29, 1.82) is 0 Å². The van der Waals surface area contributed by atoms with Crippen molar-refractivity contribution in [2.75, 3.05) is 25.0 Å². The number of rotatable bonds is 7.